The number of nitrogens with one attached hydrogen (secondary N) is 1. The van der Waals surface area contributed by atoms with Crippen LogP contribution in [-0.2, 0) is 12.8 Å². The van der Waals surface area contributed by atoms with E-state index in [9.17, 15) is 4.39 Å². The molecule has 0 fully saturated rings. The second kappa shape index (κ2) is 5.16. The largest absolute Gasteiger partial charge is 0.496 e. The summed E-state index contributed by atoms with van der Waals surface area (Å²) in [4.78, 5) is 0. The van der Waals surface area contributed by atoms with Crippen LogP contribution in [0.5, 0.6) is 5.75 Å². The summed E-state index contributed by atoms with van der Waals surface area (Å²) in [5.41, 5.74) is 4.68. The number of para-hydroxylation sites is 1. The van der Waals surface area contributed by atoms with Gasteiger partial charge in [0.15, 0.2) is 0 Å². The van der Waals surface area contributed by atoms with E-state index in [0.717, 1.165) is 24.2 Å². The summed E-state index contributed by atoms with van der Waals surface area (Å²) in [5.74, 6) is 0.504. The summed E-state index contributed by atoms with van der Waals surface area (Å²) < 4.78 is 18.9. The maximum atomic E-state index is 13.5. The van der Waals surface area contributed by atoms with Gasteiger partial charge in [0, 0.05) is 11.3 Å². The van der Waals surface area contributed by atoms with Gasteiger partial charge >= 0.3 is 0 Å². The lowest BCUT2D eigenvalue weighted by Gasteiger charge is -2.16. The highest BCUT2D eigenvalue weighted by Gasteiger charge is 2.26. The second-order valence-corrected chi connectivity index (χ2v) is 5.09. The van der Waals surface area contributed by atoms with Gasteiger partial charge in [-0.25, -0.2) is 4.39 Å². The Kier molecular flexibility index (Phi) is 3.35. The molecule has 1 atom stereocenters. The molecule has 1 unspecified atom stereocenters. The highest BCUT2D eigenvalue weighted by atomic mass is 19.1. The van der Waals surface area contributed by atoms with Gasteiger partial charge in [0.1, 0.15) is 11.6 Å². The van der Waals surface area contributed by atoms with Gasteiger partial charge in [-0.1, -0.05) is 25.1 Å². The molecule has 104 valence electrons. The molecule has 0 saturated heterocycles. The number of anilines is 1. The average molecular weight is 271 g/mol. The van der Waals surface area contributed by atoms with E-state index >= 15 is 0 Å². The van der Waals surface area contributed by atoms with Gasteiger partial charge in [0.05, 0.1) is 13.2 Å². The Morgan fingerprint density at radius 1 is 1.30 bits per heavy atom. The van der Waals surface area contributed by atoms with Crippen molar-refractivity contribution in [2.24, 2.45) is 0 Å². The zero-order chi connectivity index (χ0) is 14.1. The van der Waals surface area contributed by atoms with Gasteiger partial charge in [0.25, 0.3) is 0 Å². The summed E-state index contributed by atoms with van der Waals surface area (Å²) in [6.07, 6.45) is 1.85. The molecule has 0 bridgehead atoms. The fourth-order valence-electron chi connectivity index (χ4n) is 2.91. The number of ether oxygens (including phenoxy) is 1. The van der Waals surface area contributed by atoms with E-state index in [-0.39, 0.29) is 11.9 Å². The highest BCUT2D eigenvalue weighted by Crippen LogP contribution is 2.39. The quantitative estimate of drug-likeness (QED) is 0.907. The van der Waals surface area contributed by atoms with Crippen LogP contribution in [0.2, 0.25) is 0 Å². The minimum Gasteiger partial charge on any atom is -0.496 e. The topological polar surface area (TPSA) is 21.3 Å². The van der Waals surface area contributed by atoms with Crippen LogP contribution >= 0.6 is 0 Å². The normalized spacial score (nSPS) is 16.6. The standard InChI is InChI=1S/C17H18FNO/c1-3-11-5-4-6-12-9-15(19-17(11)12)14-10-13(18)7-8-16(14)20-2/h4-8,10,15,19H,3,9H2,1-2H3. The molecule has 2 aromatic carbocycles. The van der Waals surface area contributed by atoms with Gasteiger partial charge in [0.2, 0.25) is 0 Å². The Morgan fingerprint density at radius 3 is 2.90 bits per heavy atom. The molecule has 1 heterocycles. The summed E-state index contributed by atoms with van der Waals surface area (Å²) in [7, 11) is 1.62. The third kappa shape index (κ3) is 2.13. The third-order valence-corrected chi connectivity index (χ3v) is 3.93. The first-order valence-corrected chi connectivity index (χ1v) is 6.93. The van der Waals surface area contributed by atoms with Crippen LogP contribution in [0.4, 0.5) is 10.1 Å². The number of aryl methyl sites for hydroxylation is 1. The van der Waals surface area contributed by atoms with E-state index in [1.165, 1.54) is 22.9 Å². The molecular weight excluding hydrogens is 253 g/mol. The van der Waals surface area contributed by atoms with Gasteiger partial charge in [-0.2, -0.15) is 0 Å². The maximum Gasteiger partial charge on any atom is 0.124 e. The van der Waals surface area contributed by atoms with Crippen LogP contribution < -0.4 is 10.1 Å². The number of rotatable bonds is 3. The van der Waals surface area contributed by atoms with Gasteiger partial charge in [-0.05, 0) is 42.2 Å². The molecule has 0 saturated carbocycles. The molecule has 1 aliphatic heterocycles. The van der Waals surface area contributed by atoms with Crippen LogP contribution in [-0.4, -0.2) is 7.11 Å². The zero-order valence-corrected chi connectivity index (χ0v) is 11.7. The predicted octanol–water partition coefficient (Wildman–Crippen LogP) is 4.11. The SMILES string of the molecule is CCc1cccc2c1NC(c1cc(F)ccc1OC)C2. The highest BCUT2D eigenvalue weighted by molar-refractivity contribution is 5.64. The van der Waals surface area contributed by atoms with Crippen LogP contribution in [0, 0.1) is 5.82 Å². The fourth-order valence-corrected chi connectivity index (χ4v) is 2.91. The maximum absolute atomic E-state index is 13.5. The molecule has 0 spiro atoms. The second-order valence-electron chi connectivity index (χ2n) is 5.09. The van der Waals surface area contributed by atoms with Crippen molar-refractivity contribution in [1.29, 1.82) is 0 Å². The summed E-state index contributed by atoms with van der Waals surface area (Å²) >= 11 is 0. The van der Waals surface area contributed by atoms with E-state index in [1.807, 2.05) is 0 Å². The number of fused-ring (bicyclic) bond motifs is 1. The van der Waals surface area contributed by atoms with Crippen LogP contribution in [0.1, 0.15) is 29.7 Å². The van der Waals surface area contributed by atoms with E-state index in [4.69, 9.17) is 4.74 Å². The lowest BCUT2D eigenvalue weighted by Crippen LogP contribution is -2.08. The Bertz CT molecular complexity index is 639. The molecule has 3 rings (SSSR count). The number of hydrogen-bond acceptors (Lipinski definition) is 2. The molecule has 2 nitrogen and oxygen atoms in total. The molecule has 1 N–H and O–H groups in total. The minimum absolute atomic E-state index is 0.0725. The molecule has 0 radical (unpaired) electrons. The molecule has 2 aromatic rings. The predicted molar refractivity (Wildman–Crippen MR) is 78.8 cm³/mol. The molecular formula is C17H18FNO. The van der Waals surface area contributed by atoms with Crippen molar-refractivity contribution < 1.29 is 9.13 Å². The van der Waals surface area contributed by atoms with Crippen molar-refractivity contribution in [3.05, 3.63) is 58.9 Å². The Labute approximate surface area is 118 Å². The first kappa shape index (κ1) is 13.0. The monoisotopic (exact) mass is 271 g/mol. The third-order valence-electron chi connectivity index (χ3n) is 3.93. The minimum atomic E-state index is -0.228. The molecule has 20 heavy (non-hydrogen) atoms. The Hall–Kier alpha value is -2.03. The van der Waals surface area contributed by atoms with Crippen molar-refractivity contribution in [2.75, 3.05) is 12.4 Å². The molecule has 0 aliphatic carbocycles. The van der Waals surface area contributed by atoms with E-state index in [0.29, 0.717) is 0 Å². The Morgan fingerprint density at radius 2 is 2.15 bits per heavy atom. The van der Waals surface area contributed by atoms with Crippen molar-refractivity contribution in [1.82, 2.24) is 0 Å². The van der Waals surface area contributed by atoms with E-state index in [1.54, 1.807) is 19.2 Å². The molecule has 1 aliphatic rings. The van der Waals surface area contributed by atoms with Crippen molar-refractivity contribution >= 4 is 5.69 Å². The number of methoxy groups -OCH3 is 1. The van der Waals surface area contributed by atoms with Gasteiger partial charge in [-0.3, -0.25) is 0 Å². The van der Waals surface area contributed by atoms with E-state index in [2.05, 4.69) is 30.4 Å². The number of hydrogen-bond donors (Lipinski definition) is 1. The lowest BCUT2D eigenvalue weighted by atomic mass is 10.0. The van der Waals surface area contributed by atoms with E-state index < -0.39 is 0 Å². The van der Waals surface area contributed by atoms with Crippen LogP contribution in [0.3, 0.4) is 0 Å². The molecule has 3 heteroatoms. The zero-order valence-electron chi connectivity index (χ0n) is 11.7. The molecule has 0 amide bonds. The number of halogens is 1. The fraction of sp³-hybridized carbons (Fsp3) is 0.294. The average Bonchev–Trinajstić information content (AvgIpc) is 2.90. The van der Waals surface area contributed by atoms with Crippen molar-refractivity contribution in [2.45, 2.75) is 25.8 Å². The van der Waals surface area contributed by atoms with Crippen LogP contribution in [0.25, 0.3) is 0 Å². The smallest absolute Gasteiger partial charge is 0.124 e. The van der Waals surface area contributed by atoms with Crippen LogP contribution in [0.15, 0.2) is 36.4 Å². The lowest BCUT2D eigenvalue weighted by molar-refractivity contribution is 0.406. The number of benzene rings is 2. The first-order valence-electron chi connectivity index (χ1n) is 6.93. The molecule has 0 aromatic heterocycles. The van der Waals surface area contributed by atoms with Crippen molar-refractivity contribution in [3.8, 4) is 5.75 Å². The van der Waals surface area contributed by atoms with Gasteiger partial charge < -0.3 is 10.1 Å². The summed E-state index contributed by atoms with van der Waals surface area (Å²) in [6.45, 7) is 2.15. The Balaban J connectivity index is 1.98. The summed E-state index contributed by atoms with van der Waals surface area (Å²) in [5, 5.41) is 3.53. The first-order chi connectivity index (χ1) is 9.72. The van der Waals surface area contributed by atoms with Crippen molar-refractivity contribution in [3.63, 3.8) is 0 Å². The summed E-state index contributed by atoms with van der Waals surface area (Å²) in [6, 6.07) is 11.1. The van der Waals surface area contributed by atoms with Gasteiger partial charge in [-0.15, -0.1) is 0 Å².